The summed E-state index contributed by atoms with van der Waals surface area (Å²) >= 11 is 0. The summed E-state index contributed by atoms with van der Waals surface area (Å²) in [7, 11) is 0. The Morgan fingerprint density at radius 1 is 1.05 bits per heavy atom. The van der Waals surface area contributed by atoms with E-state index >= 15 is 0 Å². The topological polar surface area (TPSA) is 0 Å². The number of allylic oxidation sites excluding steroid dienone is 8. The third-order valence-corrected chi connectivity index (χ3v) is 5.02. The van der Waals surface area contributed by atoms with Crippen molar-refractivity contribution in [3.63, 3.8) is 0 Å². The lowest BCUT2D eigenvalue weighted by molar-refractivity contribution is 0.868. The molecule has 0 saturated heterocycles. The molecule has 0 bridgehead atoms. The van der Waals surface area contributed by atoms with Crippen molar-refractivity contribution < 1.29 is 0 Å². The molecule has 0 N–H and O–H groups in total. The second-order valence-electron chi connectivity index (χ2n) is 6.63. The fourth-order valence-electron chi connectivity index (χ4n) is 3.54. The molecule has 3 rings (SSSR count). The van der Waals surface area contributed by atoms with Gasteiger partial charge < -0.3 is 0 Å². The van der Waals surface area contributed by atoms with Crippen molar-refractivity contribution in [2.75, 3.05) is 0 Å². The van der Waals surface area contributed by atoms with Crippen molar-refractivity contribution in [3.05, 3.63) is 88.6 Å². The van der Waals surface area contributed by atoms with Gasteiger partial charge in [0.15, 0.2) is 0 Å². The Kier molecular flexibility index (Phi) is 3.78. The van der Waals surface area contributed by atoms with Gasteiger partial charge in [-0.1, -0.05) is 62.1 Å². The first kappa shape index (κ1) is 14.8. The van der Waals surface area contributed by atoms with Crippen LogP contribution in [-0.4, -0.2) is 0 Å². The highest BCUT2D eigenvalue weighted by molar-refractivity contribution is 5.77. The van der Waals surface area contributed by atoms with Crippen LogP contribution in [0.2, 0.25) is 0 Å². The Morgan fingerprint density at radius 2 is 1.73 bits per heavy atom. The number of aryl methyl sites for hydroxylation is 2. The molecule has 1 atom stereocenters. The van der Waals surface area contributed by atoms with E-state index in [9.17, 15) is 0 Å². The van der Waals surface area contributed by atoms with Crippen molar-refractivity contribution in [2.45, 2.75) is 33.6 Å². The monoisotopic (exact) mass is 288 g/mol. The van der Waals surface area contributed by atoms with E-state index < -0.39 is 0 Å². The molecule has 1 aromatic carbocycles. The van der Waals surface area contributed by atoms with Gasteiger partial charge in [-0.05, 0) is 65.7 Å². The average molecular weight is 288 g/mol. The van der Waals surface area contributed by atoms with E-state index in [0.717, 1.165) is 12.8 Å². The largest absolute Gasteiger partial charge is 0.0989 e. The molecule has 0 radical (unpaired) electrons. The minimum absolute atomic E-state index is 0.430. The van der Waals surface area contributed by atoms with Gasteiger partial charge in [0, 0.05) is 5.92 Å². The van der Waals surface area contributed by atoms with Crippen molar-refractivity contribution in [2.24, 2.45) is 5.92 Å². The summed E-state index contributed by atoms with van der Waals surface area (Å²) in [6.45, 7) is 15.0. The molecular weight excluding hydrogens is 264 g/mol. The lowest BCUT2D eigenvalue weighted by atomic mass is 9.93. The molecule has 0 heteroatoms. The lowest BCUT2D eigenvalue weighted by Gasteiger charge is -2.11. The molecule has 0 heterocycles. The Bertz CT molecular complexity index is 730. The molecule has 0 aromatic heterocycles. The van der Waals surface area contributed by atoms with Crippen molar-refractivity contribution in [1.29, 1.82) is 0 Å². The van der Waals surface area contributed by atoms with E-state index in [1.165, 1.54) is 44.6 Å². The Balaban J connectivity index is 1.81. The van der Waals surface area contributed by atoms with Crippen LogP contribution in [0.4, 0.5) is 0 Å². The minimum atomic E-state index is 0.430. The first-order valence-electron chi connectivity index (χ1n) is 8.01. The number of rotatable bonds is 2. The third-order valence-electron chi connectivity index (χ3n) is 5.02. The van der Waals surface area contributed by atoms with Crippen molar-refractivity contribution in [1.82, 2.24) is 0 Å². The maximum atomic E-state index is 4.24. The summed E-state index contributed by atoms with van der Waals surface area (Å²) in [6, 6.07) is 6.53. The van der Waals surface area contributed by atoms with E-state index in [1.54, 1.807) is 0 Å². The third kappa shape index (κ3) is 2.54. The molecule has 1 unspecified atom stereocenters. The zero-order valence-electron chi connectivity index (χ0n) is 13.9. The lowest BCUT2D eigenvalue weighted by Crippen LogP contribution is -1.92. The molecule has 0 aliphatic heterocycles. The highest BCUT2D eigenvalue weighted by atomic mass is 14.3. The highest BCUT2D eigenvalue weighted by Crippen LogP contribution is 2.40. The normalized spacial score (nSPS) is 23.2. The fourth-order valence-corrected chi connectivity index (χ4v) is 3.54. The summed E-state index contributed by atoms with van der Waals surface area (Å²) in [5, 5.41) is 0. The fraction of sp³-hybridized carbons (Fsp3) is 0.273. The zero-order valence-corrected chi connectivity index (χ0v) is 13.9. The average Bonchev–Trinajstić information content (AvgIpc) is 3.01. The van der Waals surface area contributed by atoms with Crippen LogP contribution in [0.5, 0.6) is 0 Å². The van der Waals surface area contributed by atoms with Gasteiger partial charge in [0.1, 0.15) is 0 Å². The number of hydrogen-bond acceptors (Lipinski definition) is 0. The summed E-state index contributed by atoms with van der Waals surface area (Å²) in [6.07, 6.45) is 8.86. The molecule has 0 spiro atoms. The SMILES string of the molecule is C=C1CC(=CC2=CC=C(c3c(C)cccc3C)C2)C(=C)C1C. The van der Waals surface area contributed by atoms with Crippen LogP contribution < -0.4 is 0 Å². The van der Waals surface area contributed by atoms with E-state index in [-0.39, 0.29) is 0 Å². The van der Waals surface area contributed by atoms with Gasteiger partial charge in [0.2, 0.25) is 0 Å². The predicted octanol–water partition coefficient (Wildman–Crippen LogP) is 6.10. The second kappa shape index (κ2) is 5.61. The van der Waals surface area contributed by atoms with E-state index in [4.69, 9.17) is 0 Å². The highest BCUT2D eigenvalue weighted by Gasteiger charge is 2.24. The van der Waals surface area contributed by atoms with Crippen LogP contribution >= 0.6 is 0 Å². The smallest absolute Gasteiger partial charge is 0.00174 e. The predicted molar refractivity (Wildman–Crippen MR) is 96.7 cm³/mol. The van der Waals surface area contributed by atoms with Gasteiger partial charge in [0.25, 0.3) is 0 Å². The van der Waals surface area contributed by atoms with Gasteiger partial charge in [-0.25, -0.2) is 0 Å². The summed E-state index contributed by atoms with van der Waals surface area (Å²) in [4.78, 5) is 0. The first-order chi connectivity index (χ1) is 10.5. The van der Waals surface area contributed by atoms with Gasteiger partial charge >= 0.3 is 0 Å². The van der Waals surface area contributed by atoms with Crippen molar-refractivity contribution >= 4 is 5.57 Å². The van der Waals surface area contributed by atoms with E-state index in [1.807, 2.05) is 0 Å². The Labute approximate surface area is 134 Å². The van der Waals surface area contributed by atoms with Crippen LogP contribution in [0.25, 0.3) is 5.57 Å². The maximum Gasteiger partial charge on any atom is 0.00174 e. The maximum absolute atomic E-state index is 4.24. The minimum Gasteiger partial charge on any atom is -0.0989 e. The molecule has 112 valence electrons. The molecule has 1 fully saturated rings. The zero-order chi connectivity index (χ0) is 15.9. The second-order valence-corrected chi connectivity index (χ2v) is 6.63. The van der Waals surface area contributed by atoms with Crippen LogP contribution in [0.3, 0.4) is 0 Å². The molecule has 1 aromatic rings. The Morgan fingerprint density at radius 3 is 2.32 bits per heavy atom. The van der Waals surface area contributed by atoms with Crippen LogP contribution in [-0.2, 0) is 0 Å². The standard InChI is InChI=1S/C22H24/c1-14-7-6-8-15(2)22(14)20-10-9-19(12-20)13-21-11-16(3)17(4)18(21)5/h6-10,13,17H,3,5,11-12H2,1-2,4H3. The molecule has 0 nitrogen and oxygen atoms in total. The number of benzene rings is 1. The van der Waals surface area contributed by atoms with Gasteiger partial charge in [-0.15, -0.1) is 0 Å². The van der Waals surface area contributed by atoms with Crippen LogP contribution in [0, 0.1) is 19.8 Å². The summed E-state index contributed by atoms with van der Waals surface area (Å²) < 4.78 is 0. The quantitative estimate of drug-likeness (QED) is 0.577. The Hall–Kier alpha value is -2.08. The van der Waals surface area contributed by atoms with Crippen LogP contribution in [0.1, 0.15) is 36.5 Å². The van der Waals surface area contributed by atoms with Crippen molar-refractivity contribution in [3.8, 4) is 0 Å². The van der Waals surface area contributed by atoms with Crippen LogP contribution in [0.15, 0.2) is 71.9 Å². The first-order valence-corrected chi connectivity index (χ1v) is 8.01. The number of hydrogen-bond donors (Lipinski definition) is 0. The molecule has 22 heavy (non-hydrogen) atoms. The molecule has 2 aliphatic carbocycles. The van der Waals surface area contributed by atoms with E-state index in [0.29, 0.717) is 5.92 Å². The molecule has 0 amide bonds. The van der Waals surface area contributed by atoms with E-state index in [2.05, 4.69) is 70.4 Å². The van der Waals surface area contributed by atoms with Gasteiger partial charge in [-0.2, -0.15) is 0 Å². The summed E-state index contributed by atoms with van der Waals surface area (Å²) in [5.41, 5.74) is 10.8. The van der Waals surface area contributed by atoms with Gasteiger partial charge in [0.05, 0.1) is 0 Å². The molecular formula is C22H24. The molecule has 2 aliphatic rings. The van der Waals surface area contributed by atoms with Gasteiger partial charge in [-0.3, -0.25) is 0 Å². The molecule has 1 saturated carbocycles. The summed E-state index contributed by atoms with van der Waals surface area (Å²) in [5.74, 6) is 0.430.